The maximum absolute atomic E-state index is 14.2. The average molecular weight is 533 g/mol. The van der Waals surface area contributed by atoms with Crippen LogP contribution < -0.4 is 20.1 Å². The second kappa shape index (κ2) is 9.75. The number of hydrogen-bond donors (Lipinski definition) is 4. The van der Waals surface area contributed by atoms with E-state index < -0.39 is 38.6 Å². The molecule has 2 atom stereocenters. The van der Waals surface area contributed by atoms with Gasteiger partial charge in [-0.3, -0.25) is 4.72 Å². The van der Waals surface area contributed by atoms with Crippen molar-refractivity contribution in [3.63, 3.8) is 0 Å². The van der Waals surface area contributed by atoms with E-state index in [1.54, 1.807) is 32.0 Å². The van der Waals surface area contributed by atoms with E-state index in [2.05, 4.69) is 14.7 Å². The first-order chi connectivity index (χ1) is 17.4. The second-order valence-corrected chi connectivity index (χ2v) is 10.3. The van der Waals surface area contributed by atoms with Gasteiger partial charge in [-0.25, -0.2) is 31.9 Å². The van der Waals surface area contributed by atoms with E-state index in [0.29, 0.717) is 33.5 Å². The quantitative estimate of drug-likeness (QED) is 0.348. The fourth-order valence-electron chi connectivity index (χ4n) is 4.16. The van der Waals surface area contributed by atoms with Crippen LogP contribution in [0.25, 0.3) is 11.1 Å². The average Bonchev–Trinajstić information content (AvgIpc) is 3.13. The number of quaternary nitrogens is 1. The van der Waals surface area contributed by atoms with Crippen LogP contribution in [0.3, 0.4) is 0 Å². The van der Waals surface area contributed by atoms with Crippen LogP contribution >= 0.6 is 0 Å². The van der Waals surface area contributed by atoms with Crippen LogP contribution in [0, 0.1) is 17.6 Å². The molecule has 4 rings (SSSR count). The lowest BCUT2D eigenvalue weighted by Gasteiger charge is -2.23. The van der Waals surface area contributed by atoms with E-state index in [1.165, 1.54) is 19.4 Å². The van der Waals surface area contributed by atoms with Crippen LogP contribution in [-0.4, -0.2) is 43.6 Å². The lowest BCUT2D eigenvalue weighted by Crippen LogP contribution is -3.16. The van der Waals surface area contributed by atoms with Crippen molar-refractivity contribution in [1.82, 2.24) is 4.98 Å². The molecule has 2 heterocycles. The molecule has 1 aliphatic rings. The van der Waals surface area contributed by atoms with Gasteiger partial charge in [-0.05, 0) is 29.8 Å². The Kier molecular flexibility index (Phi) is 6.84. The number of rotatable bonds is 8. The summed E-state index contributed by atoms with van der Waals surface area (Å²) in [6.45, 7) is 3.55. The summed E-state index contributed by atoms with van der Waals surface area (Å²) >= 11 is 0. The van der Waals surface area contributed by atoms with Crippen molar-refractivity contribution in [2.75, 3.05) is 11.8 Å². The van der Waals surface area contributed by atoms with Gasteiger partial charge in [-0.15, -0.1) is 0 Å². The van der Waals surface area contributed by atoms with Gasteiger partial charge in [0.1, 0.15) is 27.9 Å². The monoisotopic (exact) mass is 532 g/mol. The standard InChI is InChI=1S/C24H23F2N5O5S/c1-12(2)21(23(32)33)31-19-9-13(4-6-17(19)29-24(31)27)14-8-18(22(36-3)28-11-14)30-37(34,35)20-7-5-15(25)10-16(20)26/h4-12,21,30H,1-3H3,(H2,27,29)(H,32,33)/p+1. The molecule has 1 aliphatic heterocycles. The number of ether oxygens (including phenoxy) is 1. The molecule has 3 aromatic rings. The number of aliphatic imine (C=N–C) groups is 1. The van der Waals surface area contributed by atoms with Crippen LogP contribution in [0.1, 0.15) is 13.8 Å². The molecule has 194 valence electrons. The van der Waals surface area contributed by atoms with Gasteiger partial charge in [0.2, 0.25) is 5.88 Å². The number of benzene rings is 2. The Bertz CT molecular complexity index is 1530. The zero-order valence-electron chi connectivity index (χ0n) is 20.0. The van der Waals surface area contributed by atoms with Gasteiger partial charge in [0.15, 0.2) is 11.7 Å². The highest BCUT2D eigenvalue weighted by molar-refractivity contribution is 7.92. The third-order valence-electron chi connectivity index (χ3n) is 5.85. The number of hydrogen-bond acceptors (Lipinski definition) is 7. The fourth-order valence-corrected chi connectivity index (χ4v) is 5.27. The van der Waals surface area contributed by atoms with E-state index >= 15 is 0 Å². The van der Waals surface area contributed by atoms with Crippen molar-refractivity contribution in [2.45, 2.75) is 24.8 Å². The number of aliphatic carboxylic acids is 1. The van der Waals surface area contributed by atoms with Crippen LogP contribution in [0.4, 0.5) is 25.8 Å². The summed E-state index contributed by atoms with van der Waals surface area (Å²) < 4.78 is 60.5. The number of nitrogens with zero attached hydrogens (tertiary/aromatic N) is 2. The third kappa shape index (κ3) is 4.95. The molecule has 13 heteroatoms. The van der Waals surface area contributed by atoms with Crippen molar-refractivity contribution in [1.29, 1.82) is 0 Å². The maximum atomic E-state index is 14.2. The van der Waals surface area contributed by atoms with Crippen molar-refractivity contribution in [2.24, 2.45) is 16.6 Å². The first-order valence-corrected chi connectivity index (χ1v) is 12.5. The zero-order chi connectivity index (χ0) is 27.1. The molecule has 0 saturated heterocycles. The van der Waals surface area contributed by atoms with Crippen molar-refractivity contribution in [3.05, 3.63) is 60.3 Å². The molecular weight excluding hydrogens is 508 g/mol. The highest BCUT2D eigenvalue weighted by Gasteiger charge is 2.41. The predicted molar refractivity (Wildman–Crippen MR) is 132 cm³/mol. The first kappa shape index (κ1) is 26.0. The van der Waals surface area contributed by atoms with Crippen molar-refractivity contribution in [3.8, 4) is 17.0 Å². The number of carboxylic acid groups (broad SMARTS) is 1. The van der Waals surface area contributed by atoms with Crippen LogP contribution in [-0.2, 0) is 14.8 Å². The van der Waals surface area contributed by atoms with Gasteiger partial charge >= 0.3 is 11.9 Å². The normalized spacial score (nSPS) is 15.7. The number of sulfonamides is 1. The maximum Gasteiger partial charge on any atom is 0.363 e. The predicted octanol–water partition coefficient (Wildman–Crippen LogP) is 2.42. The number of anilines is 1. The Hall–Kier alpha value is -4.10. The van der Waals surface area contributed by atoms with Gasteiger partial charge in [-0.2, -0.15) is 4.99 Å². The zero-order valence-corrected chi connectivity index (χ0v) is 20.8. The Morgan fingerprint density at radius 3 is 2.49 bits per heavy atom. The van der Waals surface area contributed by atoms with E-state index in [9.17, 15) is 27.1 Å². The molecule has 0 amide bonds. The number of halogens is 2. The minimum absolute atomic E-state index is 0.0819. The summed E-state index contributed by atoms with van der Waals surface area (Å²) in [4.78, 5) is 20.1. The lowest BCUT2D eigenvalue weighted by atomic mass is 10.0. The van der Waals surface area contributed by atoms with Crippen LogP contribution in [0.2, 0.25) is 0 Å². The summed E-state index contributed by atoms with van der Waals surface area (Å²) in [5, 5.41) is 9.80. The summed E-state index contributed by atoms with van der Waals surface area (Å²) in [7, 11) is -3.18. The Morgan fingerprint density at radius 1 is 1.14 bits per heavy atom. The number of carbonyl (C=O) groups is 1. The topological polar surface area (TPSA) is 148 Å². The smallest absolute Gasteiger partial charge is 0.363 e. The molecule has 2 unspecified atom stereocenters. The molecule has 1 aromatic heterocycles. The molecule has 0 spiro atoms. The minimum atomic E-state index is -4.46. The molecule has 0 fully saturated rings. The molecule has 2 aromatic carbocycles. The molecular formula is C24H24F2N5O5S+. The highest BCUT2D eigenvalue weighted by Crippen LogP contribution is 2.35. The van der Waals surface area contributed by atoms with Crippen LogP contribution in [0.15, 0.2) is 58.5 Å². The molecule has 5 N–H and O–H groups in total. The summed E-state index contributed by atoms with van der Waals surface area (Å²) in [5.41, 5.74) is 8.07. The molecule has 0 radical (unpaired) electrons. The number of methoxy groups -OCH3 is 1. The number of pyridine rings is 1. The summed E-state index contributed by atoms with van der Waals surface area (Å²) in [6.07, 6.45) is 1.44. The highest BCUT2D eigenvalue weighted by atomic mass is 32.2. The molecule has 0 saturated carbocycles. The Morgan fingerprint density at radius 2 is 1.86 bits per heavy atom. The lowest BCUT2D eigenvalue weighted by molar-refractivity contribution is -0.756. The summed E-state index contributed by atoms with van der Waals surface area (Å²) in [6, 6.07) is 7.73. The number of aromatic nitrogens is 1. The van der Waals surface area contributed by atoms with E-state index in [1.807, 2.05) is 0 Å². The van der Waals surface area contributed by atoms with Crippen molar-refractivity contribution < 1.29 is 36.7 Å². The van der Waals surface area contributed by atoms with E-state index in [4.69, 9.17) is 10.5 Å². The SMILES string of the molecule is COc1ncc(-c2ccc3c(c2)[NH+](C(C(=O)O)C(C)C)C(N)=N3)cc1NS(=O)(=O)c1ccc(F)cc1F. The second-order valence-electron chi connectivity index (χ2n) is 8.66. The Labute approximate surface area is 211 Å². The molecule has 37 heavy (non-hydrogen) atoms. The third-order valence-corrected chi connectivity index (χ3v) is 7.25. The van der Waals surface area contributed by atoms with Gasteiger partial charge in [0.25, 0.3) is 10.0 Å². The number of guanidine groups is 1. The molecule has 10 nitrogen and oxygen atoms in total. The van der Waals surface area contributed by atoms with Crippen LogP contribution in [0.5, 0.6) is 5.88 Å². The molecule has 0 aliphatic carbocycles. The van der Waals surface area contributed by atoms with Gasteiger partial charge < -0.3 is 15.6 Å². The number of nitrogens with one attached hydrogen (secondary N) is 2. The Balaban J connectivity index is 1.75. The molecule has 0 bridgehead atoms. The number of fused-ring (bicyclic) bond motifs is 1. The van der Waals surface area contributed by atoms with Gasteiger partial charge in [0.05, 0.1) is 7.11 Å². The first-order valence-electron chi connectivity index (χ1n) is 11.0. The number of carboxylic acids is 1. The van der Waals surface area contributed by atoms with Gasteiger partial charge in [-0.1, -0.05) is 19.9 Å². The van der Waals surface area contributed by atoms with Crippen molar-refractivity contribution >= 4 is 39.0 Å². The largest absolute Gasteiger partial charge is 0.480 e. The van der Waals surface area contributed by atoms with E-state index in [0.717, 1.165) is 12.1 Å². The fraction of sp³-hybridized carbons (Fsp3) is 0.208. The minimum Gasteiger partial charge on any atom is -0.480 e. The van der Waals surface area contributed by atoms with E-state index in [-0.39, 0.29) is 23.4 Å². The summed E-state index contributed by atoms with van der Waals surface area (Å²) in [5.74, 6) is -3.42. The number of nitrogens with two attached hydrogens (primary N) is 1. The van der Waals surface area contributed by atoms with Gasteiger partial charge in [0, 0.05) is 29.8 Å².